The van der Waals surface area contributed by atoms with Gasteiger partial charge in [0.05, 0.1) is 11.6 Å². The van der Waals surface area contributed by atoms with Gasteiger partial charge in [-0.1, -0.05) is 0 Å². The standard InChI is InChI=1S/C14H20N4/c1-11-8-13(10-16)9-14(17-11)18-6-3-12(2-5-15)4-7-18/h8-9,12H,2-7,15H2,1H3. The second-order valence-corrected chi connectivity index (χ2v) is 4.97. The normalized spacial score (nSPS) is 16.6. The molecule has 96 valence electrons. The van der Waals surface area contributed by atoms with Crippen molar-refractivity contribution in [3.8, 4) is 6.07 Å². The van der Waals surface area contributed by atoms with E-state index < -0.39 is 0 Å². The Balaban J connectivity index is 2.05. The van der Waals surface area contributed by atoms with E-state index in [2.05, 4.69) is 16.0 Å². The zero-order valence-corrected chi connectivity index (χ0v) is 10.9. The molecule has 1 aromatic rings. The van der Waals surface area contributed by atoms with Crippen molar-refractivity contribution in [1.29, 1.82) is 5.26 Å². The summed E-state index contributed by atoms with van der Waals surface area (Å²) in [5.74, 6) is 1.70. The molecule has 0 radical (unpaired) electrons. The van der Waals surface area contributed by atoms with Crippen LogP contribution in [0.25, 0.3) is 0 Å². The summed E-state index contributed by atoms with van der Waals surface area (Å²) in [6.45, 7) is 4.76. The van der Waals surface area contributed by atoms with Gasteiger partial charge in [-0.3, -0.25) is 0 Å². The number of pyridine rings is 1. The Bertz CT molecular complexity index is 442. The Morgan fingerprint density at radius 2 is 2.17 bits per heavy atom. The van der Waals surface area contributed by atoms with Crippen molar-refractivity contribution in [2.24, 2.45) is 11.7 Å². The van der Waals surface area contributed by atoms with Gasteiger partial charge in [0.25, 0.3) is 0 Å². The van der Waals surface area contributed by atoms with Crippen LogP contribution in [0.3, 0.4) is 0 Å². The van der Waals surface area contributed by atoms with Gasteiger partial charge in [0.1, 0.15) is 5.82 Å². The molecule has 1 fully saturated rings. The van der Waals surface area contributed by atoms with Crippen LogP contribution in [0.4, 0.5) is 5.82 Å². The fourth-order valence-electron chi connectivity index (χ4n) is 2.56. The lowest BCUT2D eigenvalue weighted by Gasteiger charge is -2.32. The maximum atomic E-state index is 8.99. The van der Waals surface area contributed by atoms with E-state index in [1.165, 1.54) is 12.8 Å². The number of piperidine rings is 1. The van der Waals surface area contributed by atoms with E-state index in [1.807, 2.05) is 19.1 Å². The van der Waals surface area contributed by atoms with Crippen LogP contribution in [0, 0.1) is 24.2 Å². The molecular weight excluding hydrogens is 224 g/mol. The van der Waals surface area contributed by atoms with Gasteiger partial charge in [0, 0.05) is 18.8 Å². The number of nitrogens with zero attached hydrogens (tertiary/aromatic N) is 3. The molecule has 0 aliphatic carbocycles. The lowest BCUT2D eigenvalue weighted by molar-refractivity contribution is 0.385. The first kappa shape index (κ1) is 12.8. The predicted molar refractivity (Wildman–Crippen MR) is 72.3 cm³/mol. The van der Waals surface area contributed by atoms with Crippen molar-refractivity contribution >= 4 is 5.82 Å². The summed E-state index contributed by atoms with van der Waals surface area (Å²) in [5.41, 5.74) is 7.21. The number of aryl methyl sites for hydroxylation is 1. The molecule has 1 aromatic heterocycles. The third kappa shape index (κ3) is 2.99. The summed E-state index contributed by atoms with van der Waals surface area (Å²) in [6.07, 6.45) is 3.47. The largest absolute Gasteiger partial charge is 0.357 e. The number of hydrogen-bond acceptors (Lipinski definition) is 4. The van der Waals surface area contributed by atoms with Gasteiger partial charge in [-0.15, -0.1) is 0 Å². The summed E-state index contributed by atoms with van der Waals surface area (Å²) in [7, 11) is 0. The number of nitrogens with two attached hydrogens (primary N) is 1. The van der Waals surface area contributed by atoms with E-state index >= 15 is 0 Å². The third-order valence-electron chi connectivity index (χ3n) is 3.58. The number of rotatable bonds is 3. The van der Waals surface area contributed by atoms with Gasteiger partial charge < -0.3 is 10.6 Å². The highest BCUT2D eigenvalue weighted by Crippen LogP contribution is 2.24. The van der Waals surface area contributed by atoms with Crippen molar-refractivity contribution < 1.29 is 0 Å². The highest BCUT2D eigenvalue weighted by atomic mass is 15.2. The molecule has 1 aliphatic rings. The van der Waals surface area contributed by atoms with Crippen molar-refractivity contribution in [3.63, 3.8) is 0 Å². The molecule has 0 aromatic carbocycles. The first-order chi connectivity index (χ1) is 8.72. The molecule has 4 nitrogen and oxygen atoms in total. The number of aromatic nitrogens is 1. The molecule has 2 heterocycles. The SMILES string of the molecule is Cc1cc(C#N)cc(N2CCC(CCN)CC2)n1. The number of anilines is 1. The Hall–Kier alpha value is -1.60. The maximum absolute atomic E-state index is 8.99. The minimum atomic E-state index is 0.696. The van der Waals surface area contributed by atoms with Crippen LogP contribution in [0.2, 0.25) is 0 Å². The van der Waals surface area contributed by atoms with Crippen molar-refractivity contribution in [2.75, 3.05) is 24.5 Å². The number of nitriles is 1. The van der Waals surface area contributed by atoms with Gasteiger partial charge in [0.2, 0.25) is 0 Å². The molecule has 4 heteroatoms. The molecule has 0 spiro atoms. The average Bonchev–Trinajstić information content (AvgIpc) is 2.39. The molecule has 0 saturated carbocycles. The second-order valence-electron chi connectivity index (χ2n) is 4.97. The van der Waals surface area contributed by atoms with Gasteiger partial charge in [-0.2, -0.15) is 5.26 Å². The van der Waals surface area contributed by atoms with Crippen LogP contribution in [0.15, 0.2) is 12.1 Å². The third-order valence-corrected chi connectivity index (χ3v) is 3.58. The van der Waals surface area contributed by atoms with Crippen molar-refractivity contribution in [2.45, 2.75) is 26.2 Å². The van der Waals surface area contributed by atoms with E-state index in [0.29, 0.717) is 5.56 Å². The minimum absolute atomic E-state index is 0.696. The molecule has 0 unspecified atom stereocenters. The van der Waals surface area contributed by atoms with E-state index in [1.54, 1.807) is 0 Å². The van der Waals surface area contributed by atoms with Gasteiger partial charge in [-0.25, -0.2) is 4.98 Å². The smallest absolute Gasteiger partial charge is 0.130 e. The summed E-state index contributed by atoms with van der Waals surface area (Å²) >= 11 is 0. The lowest BCUT2D eigenvalue weighted by atomic mass is 9.93. The lowest BCUT2D eigenvalue weighted by Crippen LogP contribution is -2.35. The van der Waals surface area contributed by atoms with Gasteiger partial charge >= 0.3 is 0 Å². The van der Waals surface area contributed by atoms with Gasteiger partial charge in [-0.05, 0) is 50.8 Å². The molecule has 2 N–H and O–H groups in total. The summed E-state index contributed by atoms with van der Waals surface area (Å²) in [4.78, 5) is 6.81. The second kappa shape index (κ2) is 5.83. The van der Waals surface area contributed by atoms with Gasteiger partial charge in [0.15, 0.2) is 0 Å². The van der Waals surface area contributed by atoms with Crippen molar-refractivity contribution in [1.82, 2.24) is 4.98 Å². The summed E-state index contributed by atoms with van der Waals surface area (Å²) in [6, 6.07) is 5.90. The van der Waals surface area contributed by atoms with Crippen LogP contribution < -0.4 is 10.6 Å². The molecule has 2 rings (SSSR count). The van der Waals surface area contributed by atoms with E-state index in [9.17, 15) is 0 Å². The Morgan fingerprint density at radius 1 is 1.44 bits per heavy atom. The van der Waals surface area contributed by atoms with E-state index in [0.717, 1.165) is 43.5 Å². The molecule has 1 aliphatic heterocycles. The molecule has 1 saturated heterocycles. The first-order valence-corrected chi connectivity index (χ1v) is 6.56. The van der Waals surface area contributed by atoms with Crippen LogP contribution in [0.5, 0.6) is 0 Å². The monoisotopic (exact) mass is 244 g/mol. The Morgan fingerprint density at radius 3 is 2.78 bits per heavy atom. The van der Waals surface area contributed by atoms with E-state index in [4.69, 9.17) is 11.0 Å². The summed E-state index contributed by atoms with van der Waals surface area (Å²) in [5, 5.41) is 8.99. The van der Waals surface area contributed by atoms with Crippen LogP contribution in [-0.4, -0.2) is 24.6 Å². The van der Waals surface area contributed by atoms with Crippen molar-refractivity contribution in [3.05, 3.63) is 23.4 Å². The predicted octanol–water partition coefficient (Wildman–Crippen LogP) is 1.83. The molecule has 0 amide bonds. The van der Waals surface area contributed by atoms with E-state index in [-0.39, 0.29) is 0 Å². The molecular formula is C14H20N4. The zero-order valence-electron chi connectivity index (χ0n) is 10.9. The fourth-order valence-corrected chi connectivity index (χ4v) is 2.56. The Labute approximate surface area is 108 Å². The van der Waals surface area contributed by atoms with Crippen LogP contribution >= 0.6 is 0 Å². The highest BCUT2D eigenvalue weighted by molar-refractivity contribution is 5.46. The maximum Gasteiger partial charge on any atom is 0.130 e. The quantitative estimate of drug-likeness (QED) is 0.881. The summed E-state index contributed by atoms with van der Waals surface area (Å²) < 4.78 is 0. The minimum Gasteiger partial charge on any atom is -0.357 e. The molecule has 0 atom stereocenters. The first-order valence-electron chi connectivity index (χ1n) is 6.56. The highest BCUT2D eigenvalue weighted by Gasteiger charge is 2.19. The zero-order chi connectivity index (χ0) is 13.0. The number of hydrogen-bond donors (Lipinski definition) is 1. The Kier molecular flexibility index (Phi) is 4.16. The van der Waals surface area contributed by atoms with Crippen LogP contribution in [-0.2, 0) is 0 Å². The fraction of sp³-hybridized carbons (Fsp3) is 0.571. The molecule has 18 heavy (non-hydrogen) atoms. The topological polar surface area (TPSA) is 65.9 Å². The van der Waals surface area contributed by atoms with Crippen LogP contribution in [0.1, 0.15) is 30.5 Å². The molecule has 0 bridgehead atoms. The average molecular weight is 244 g/mol.